The highest BCUT2D eigenvalue weighted by atomic mass is 15.3. The van der Waals surface area contributed by atoms with Crippen LogP contribution in [0, 0.1) is 13.8 Å². The van der Waals surface area contributed by atoms with Crippen molar-refractivity contribution in [3.63, 3.8) is 0 Å². The summed E-state index contributed by atoms with van der Waals surface area (Å²) < 4.78 is 4.36. The fourth-order valence-electron chi connectivity index (χ4n) is 4.13. The molecule has 6 heteroatoms. The summed E-state index contributed by atoms with van der Waals surface area (Å²) in [5.41, 5.74) is 6.91. The second-order valence-electron chi connectivity index (χ2n) is 7.83. The van der Waals surface area contributed by atoms with Gasteiger partial charge in [0.2, 0.25) is 0 Å². The van der Waals surface area contributed by atoms with Crippen LogP contribution in [0.4, 0.5) is 0 Å². The van der Waals surface area contributed by atoms with E-state index >= 15 is 0 Å². The van der Waals surface area contributed by atoms with Crippen molar-refractivity contribution in [2.75, 3.05) is 26.2 Å². The van der Waals surface area contributed by atoms with E-state index in [4.69, 9.17) is 9.97 Å². The molecule has 1 fully saturated rings. The summed E-state index contributed by atoms with van der Waals surface area (Å²) in [4.78, 5) is 14.5. The van der Waals surface area contributed by atoms with Crippen LogP contribution in [0.5, 0.6) is 0 Å². The summed E-state index contributed by atoms with van der Waals surface area (Å²) in [6.07, 6.45) is 6.42. The van der Waals surface area contributed by atoms with Crippen molar-refractivity contribution in [2.45, 2.75) is 26.9 Å². The maximum atomic E-state index is 4.77. The Kier molecular flexibility index (Phi) is 4.37. The van der Waals surface area contributed by atoms with Crippen molar-refractivity contribution >= 4 is 11.3 Å². The van der Waals surface area contributed by atoms with E-state index in [1.165, 1.54) is 11.3 Å². The van der Waals surface area contributed by atoms with Crippen molar-refractivity contribution < 1.29 is 0 Å². The summed E-state index contributed by atoms with van der Waals surface area (Å²) in [6, 6.07) is 10.4. The zero-order chi connectivity index (χ0) is 19.1. The Bertz CT molecular complexity index is 1120. The van der Waals surface area contributed by atoms with Crippen LogP contribution in [0.15, 0.2) is 48.9 Å². The number of hydrogen-bond donors (Lipinski definition) is 0. The monoisotopic (exact) mass is 374 g/mol. The molecule has 0 atom stereocenters. The minimum Gasteiger partial charge on any atom is -0.307 e. The highest BCUT2D eigenvalue weighted by molar-refractivity contribution is 5.43. The first-order chi connectivity index (χ1) is 13.7. The van der Waals surface area contributed by atoms with Crippen LogP contribution in [0.3, 0.4) is 0 Å². The van der Waals surface area contributed by atoms with Crippen LogP contribution in [0.2, 0.25) is 0 Å². The van der Waals surface area contributed by atoms with Crippen LogP contribution < -0.4 is 0 Å². The lowest BCUT2D eigenvalue weighted by molar-refractivity contribution is 0.120. The molecule has 0 saturated carbocycles. The SMILES string of the molecule is Cc1ccc2nc(CN3CCN(Cc4c(C)nc5ccccn45)CC3)cn2c1. The summed E-state index contributed by atoms with van der Waals surface area (Å²) in [5, 5.41) is 0. The normalized spacial score (nSPS) is 16.4. The van der Waals surface area contributed by atoms with E-state index in [-0.39, 0.29) is 0 Å². The quantitative estimate of drug-likeness (QED) is 0.551. The first kappa shape index (κ1) is 17.4. The van der Waals surface area contributed by atoms with Gasteiger partial charge < -0.3 is 8.80 Å². The fraction of sp³-hybridized carbons (Fsp3) is 0.364. The number of aryl methyl sites for hydroxylation is 2. The van der Waals surface area contributed by atoms with E-state index in [9.17, 15) is 0 Å². The molecule has 1 saturated heterocycles. The summed E-state index contributed by atoms with van der Waals surface area (Å²) in [7, 11) is 0. The molecule has 5 heterocycles. The van der Waals surface area contributed by atoms with Crippen LogP contribution in [-0.2, 0) is 13.1 Å². The maximum absolute atomic E-state index is 4.77. The van der Waals surface area contributed by atoms with Gasteiger partial charge in [0.05, 0.1) is 17.1 Å². The Hall–Kier alpha value is -2.70. The first-order valence-corrected chi connectivity index (χ1v) is 9.97. The van der Waals surface area contributed by atoms with Gasteiger partial charge in [-0.05, 0) is 37.6 Å². The average Bonchev–Trinajstić information content (AvgIpc) is 3.23. The number of piperazine rings is 1. The van der Waals surface area contributed by atoms with Gasteiger partial charge in [0.15, 0.2) is 0 Å². The first-order valence-electron chi connectivity index (χ1n) is 9.97. The molecule has 4 aromatic rings. The molecular formula is C22H26N6. The van der Waals surface area contributed by atoms with Gasteiger partial charge in [0, 0.05) is 57.9 Å². The standard InChI is InChI=1S/C22H26N6/c1-17-6-7-21-24-19(15-27(21)13-17)14-25-9-11-26(12-10-25)16-20-18(2)23-22-5-3-4-8-28(20)22/h3-8,13,15H,9-12,14,16H2,1-2H3. The van der Waals surface area contributed by atoms with Gasteiger partial charge in [-0.2, -0.15) is 0 Å². The van der Waals surface area contributed by atoms with E-state index in [2.05, 4.69) is 75.3 Å². The molecule has 0 radical (unpaired) electrons. The Labute approximate surface area is 165 Å². The smallest absolute Gasteiger partial charge is 0.137 e. The minimum absolute atomic E-state index is 0.920. The Morgan fingerprint density at radius 3 is 2.43 bits per heavy atom. The van der Waals surface area contributed by atoms with E-state index in [1.807, 2.05) is 6.07 Å². The minimum atomic E-state index is 0.920. The Morgan fingerprint density at radius 1 is 0.821 bits per heavy atom. The number of nitrogens with zero attached hydrogens (tertiary/aromatic N) is 6. The van der Waals surface area contributed by atoms with E-state index in [1.54, 1.807) is 0 Å². The summed E-state index contributed by atoms with van der Waals surface area (Å²) >= 11 is 0. The zero-order valence-corrected chi connectivity index (χ0v) is 16.5. The van der Waals surface area contributed by atoms with Crippen molar-refractivity contribution in [2.24, 2.45) is 0 Å². The van der Waals surface area contributed by atoms with Crippen LogP contribution in [0.1, 0.15) is 22.6 Å². The lowest BCUT2D eigenvalue weighted by Crippen LogP contribution is -2.45. The van der Waals surface area contributed by atoms with Gasteiger partial charge in [-0.1, -0.05) is 12.1 Å². The molecule has 4 aromatic heterocycles. The number of hydrogen-bond acceptors (Lipinski definition) is 4. The molecule has 0 spiro atoms. The molecule has 0 aliphatic carbocycles. The van der Waals surface area contributed by atoms with E-state index < -0.39 is 0 Å². The van der Waals surface area contributed by atoms with Crippen molar-refractivity contribution in [1.82, 2.24) is 28.6 Å². The lowest BCUT2D eigenvalue weighted by atomic mass is 10.2. The van der Waals surface area contributed by atoms with Gasteiger partial charge in [-0.25, -0.2) is 9.97 Å². The molecule has 144 valence electrons. The second-order valence-corrected chi connectivity index (χ2v) is 7.83. The molecule has 5 rings (SSSR count). The predicted octanol–water partition coefficient (Wildman–Crippen LogP) is 2.92. The third kappa shape index (κ3) is 3.30. The van der Waals surface area contributed by atoms with Gasteiger partial charge >= 0.3 is 0 Å². The number of aromatic nitrogens is 4. The molecule has 0 unspecified atom stereocenters. The van der Waals surface area contributed by atoms with Crippen molar-refractivity contribution in [3.8, 4) is 0 Å². The third-order valence-electron chi connectivity index (χ3n) is 5.70. The number of imidazole rings is 2. The van der Waals surface area contributed by atoms with Crippen LogP contribution in [-0.4, -0.2) is 54.7 Å². The van der Waals surface area contributed by atoms with Gasteiger partial charge in [0.1, 0.15) is 11.3 Å². The fourth-order valence-corrected chi connectivity index (χ4v) is 4.13. The van der Waals surface area contributed by atoms with Crippen LogP contribution in [0.25, 0.3) is 11.3 Å². The Balaban J connectivity index is 1.23. The maximum Gasteiger partial charge on any atom is 0.137 e. The molecule has 28 heavy (non-hydrogen) atoms. The van der Waals surface area contributed by atoms with Crippen LogP contribution >= 0.6 is 0 Å². The van der Waals surface area contributed by atoms with E-state index in [0.717, 1.165) is 62.0 Å². The third-order valence-corrected chi connectivity index (χ3v) is 5.70. The average molecular weight is 374 g/mol. The predicted molar refractivity (Wildman–Crippen MR) is 110 cm³/mol. The summed E-state index contributed by atoms with van der Waals surface area (Å²) in [5.74, 6) is 0. The Morgan fingerprint density at radius 2 is 1.61 bits per heavy atom. The van der Waals surface area contributed by atoms with Crippen molar-refractivity contribution in [1.29, 1.82) is 0 Å². The molecule has 0 aromatic carbocycles. The second kappa shape index (κ2) is 7.04. The topological polar surface area (TPSA) is 41.1 Å². The molecule has 0 N–H and O–H groups in total. The molecule has 0 bridgehead atoms. The highest BCUT2D eigenvalue weighted by Gasteiger charge is 2.20. The molecule has 6 nitrogen and oxygen atoms in total. The highest BCUT2D eigenvalue weighted by Crippen LogP contribution is 2.16. The number of rotatable bonds is 4. The number of fused-ring (bicyclic) bond motifs is 2. The summed E-state index contributed by atoms with van der Waals surface area (Å²) in [6.45, 7) is 10.4. The van der Waals surface area contributed by atoms with Gasteiger partial charge in [-0.15, -0.1) is 0 Å². The molecular weight excluding hydrogens is 348 g/mol. The zero-order valence-electron chi connectivity index (χ0n) is 16.5. The molecule has 1 aliphatic rings. The van der Waals surface area contributed by atoms with Gasteiger partial charge in [0.25, 0.3) is 0 Å². The largest absolute Gasteiger partial charge is 0.307 e. The van der Waals surface area contributed by atoms with Gasteiger partial charge in [-0.3, -0.25) is 9.80 Å². The lowest BCUT2D eigenvalue weighted by Gasteiger charge is -2.34. The number of pyridine rings is 2. The molecule has 1 aliphatic heterocycles. The van der Waals surface area contributed by atoms with Crippen molar-refractivity contribution in [3.05, 3.63) is 71.6 Å². The molecule has 0 amide bonds. The van der Waals surface area contributed by atoms with E-state index in [0.29, 0.717) is 0 Å².